The fraction of sp³-hybridized carbons (Fsp3) is 0.550. The molecule has 8 nitrogen and oxygen atoms in total. The fourth-order valence-electron chi connectivity index (χ4n) is 3.86. The molecule has 29 heavy (non-hydrogen) atoms. The number of carbonyl (C=O) groups excluding carboxylic acids is 2. The third kappa shape index (κ3) is 4.36. The van der Waals surface area contributed by atoms with Crippen molar-refractivity contribution in [2.45, 2.75) is 58.7 Å². The van der Waals surface area contributed by atoms with Gasteiger partial charge in [0.15, 0.2) is 0 Å². The van der Waals surface area contributed by atoms with Gasteiger partial charge in [-0.25, -0.2) is 0 Å². The molecule has 2 aromatic heterocycles. The lowest BCUT2D eigenvalue weighted by molar-refractivity contribution is -0.135. The second-order valence-corrected chi connectivity index (χ2v) is 9.22. The van der Waals surface area contributed by atoms with Crippen LogP contribution in [0.3, 0.4) is 0 Å². The molecule has 0 radical (unpaired) electrons. The molecule has 1 aliphatic heterocycles. The van der Waals surface area contributed by atoms with Crippen molar-refractivity contribution >= 4 is 28.2 Å². The van der Waals surface area contributed by atoms with Crippen molar-refractivity contribution in [2.75, 3.05) is 18.5 Å². The average molecular weight is 421 g/mol. The van der Waals surface area contributed by atoms with Gasteiger partial charge in [0.25, 0.3) is 11.8 Å². The normalized spacial score (nSPS) is 17.0. The number of thiophene rings is 1. The number of hydrogen-bond acceptors (Lipinski definition) is 6. The van der Waals surface area contributed by atoms with Crippen LogP contribution in [-0.4, -0.2) is 40.8 Å². The first-order valence-electron chi connectivity index (χ1n) is 9.63. The molecule has 158 valence electrons. The molecule has 0 aliphatic carbocycles. The van der Waals surface area contributed by atoms with Crippen LogP contribution in [0.1, 0.15) is 71.5 Å². The SMILES string of the molecule is CCOCCc1cn[nH]c1C(=O)Nc1sc2c(c1C(N)=O)CC(C)(C)OC2(C)C. The number of aromatic amines is 1. The highest BCUT2D eigenvalue weighted by atomic mass is 32.1. The van der Waals surface area contributed by atoms with E-state index in [9.17, 15) is 9.59 Å². The number of aromatic nitrogens is 2. The topological polar surface area (TPSA) is 119 Å². The van der Waals surface area contributed by atoms with Gasteiger partial charge < -0.3 is 20.5 Å². The third-order valence-corrected chi connectivity index (χ3v) is 6.28. The quantitative estimate of drug-likeness (QED) is 0.595. The summed E-state index contributed by atoms with van der Waals surface area (Å²) in [6.45, 7) is 10.9. The Hall–Kier alpha value is -2.23. The van der Waals surface area contributed by atoms with E-state index in [1.54, 1.807) is 6.20 Å². The Balaban J connectivity index is 1.93. The maximum Gasteiger partial charge on any atom is 0.274 e. The van der Waals surface area contributed by atoms with E-state index in [1.807, 2.05) is 34.6 Å². The van der Waals surface area contributed by atoms with Crippen molar-refractivity contribution in [3.8, 4) is 0 Å². The van der Waals surface area contributed by atoms with Crippen molar-refractivity contribution in [1.29, 1.82) is 0 Å². The van der Waals surface area contributed by atoms with Crippen LogP contribution in [0.5, 0.6) is 0 Å². The molecule has 3 heterocycles. The Morgan fingerprint density at radius 1 is 1.38 bits per heavy atom. The summed E-state index contributed by atoms with van der Waals surface area (Å²) in [7, 11) is 0. The van der Waals surface area contributed by atoms with Gasteiger partial charge in [-0.2, -0.15) is 5.10 Å². The lowest BCUT2D eigenvalue weighted by Crippen LogP contribution is -2.42. The van der Waals surface area contributed by atoms with Crippen LogP contribution in [0.4, 0.5) is 5.00 Å². The molecule has 2 aromatic rings. The minimum absolute atomic E-state index is 0.349. The molecule has 2 amide bonds. The Morgan fingerprint density at radius 2 is 2.10 bits per heavy atom. The molecule has 0 unspecified atom stereocenters. The predicted molar refractivity (Wildman–Crippen MR) is 111 cm³/mol. The highest BCUT2D eigenvalue weighted by Crippen LogP contribution is 2.48. The Labute approximate surface area is 174 Å². The summed E-state index contributed by atoms with van der Waals surface area (Å²) in [5, 5.41) is 10.0. The first kappa shape index (κ1) is 21.5. The summed E-state index contributed by atoms with van der Waals surface area (Å²) in [6, 6.07) is 0. The standard InChI is InChI=1S/C20H28N4O4S/c1-6-27-8-7-11-10-22-24-14(11)17(26)23-18-13(16(21)25)12-9-19(2,3)28-20(4,5)15(12)29-18/h10H,6-9H2,1-5H3,(H2,21,25)(H,22,24)(H,23,26). The summed E-state index contributed by atoms with van der Waals surface area (Å²) >= 11 is 1.33. The number of ether oxygens (including phenoxy) is 2. The van der Waals surface area contributed by atoms with Gasteiger partial charge in [0.1, 0.15) is 10.7 Å². The van der Waals surface area contributed by atoms with Crippen LogP contribution in [0, 0.1) is 0 Å². The minimum atomic E-state index is -0.592. The van der Waals surface area contributed by atoms with Crippen LogP contribution >= 0.6 is 11.3 Å². The van der Waals surface area contributed by atoms with Gasteiger partial charge in [-0.05, 0) is 46.6 Å². The maximum absolute atomic E-state index is 12.9. The minimum Gasteiger partial charge on any atom is -0.381 e. The van der Waals surface area contributed by atoms with Crippen molar-refractivity contribution in [1.82, 2.24) is 10.2 Å². The average Bonchev–Trinajstić information content (AvgIpc) is 3.18. The zero-order valence-electron chi connectivity index (χ0n) is 17.5. The van der Waals surface area contributed by atoms with Gasteiger partial charge in [-0.3, -0.25) is 14.7 Å². The number of nitrogens with zero attached hydrogens (tertiary/aromatic N) is 1. The lowest BCUT2D eigenvalue weighted by atomic mass is 9.86. The molecule has 9 heteroatoms. The number of nitrogens with one attached hydrogen (secondary N) is 2. The van der Waals surface area contributed by atoms with Crippen LogP contribution in [0.25, 0.3) is 0 Å². The summed E-state index contributed by atoms with van der Waals surface area (Å²) in [4.78, 5) is 26.1. The molecule has 4 N–H and O–H groups in total. The van der Waals surface area contributed by atoms with Gasteiger partial charge in [-0.15, -0.1) is 11.3 Å². The van der Waals surface area contributed by atoms with E-state index in [4.69, 9.17) is 15.2 Å². The van der Waals surface area contributed by atoms with Crippen molar-refractivity contribution in [3.05, 3.63) is 33.5 Å². The molecule has 1 aliphatic rings. The molecule has 0 aromatic carbocycles. The largest absolute Gasteiger partial charge is 0.381 e. The van der Waals surface area contributed by atoms with E-state index < -0.39 is 17.1 Å². The van der Waals surface area contributed by atoms with E-state index >= 15 is 0 Å². The number of fused-ring (bicyclic) bond motifs is 1. The van der Waals surface area contributed by atoms with Crippen molar-refractivity contribution in [3.63, 3.8) is 0 Å². The molecular formula is C20H28N4O4S. The first-order chi connectivity index (χ1) is 13.6. The van der Waals surface area contributed by atoms with E-state index in [1.165, 1.54) is 11.3 Å². The predicted octanol–water partition coefficient (Wildman–Crippen LogP) is 2.99. The number of rotatable bonds is 7. The van der Waals surface area contributed by atoms with Crippen LogP contribution in [-0.2, 0) is 27.9 Å². The van der Waals surface area contributed by atoms with E-state index in [0.717, 1.165) is 16.0 Å². The summed E-state index contributed by atoms with van der Waals surface area (Å²) < 4.78 is 11.6. The van der Waals surface area contributed by atoms with E-state index in [2.05, 4.69) is 15.5 Å². The number of nitrogens with two attached hydrogens (primary N) is 1. The molecule has 0 bridgehead atoms. The molecule has 3 rings (SSSR count). The molecule has 0 spiro atoms. The maximum atomic E-state index is 12.9. The van der Waals surface area contributed by atoms with E-state index in [0.29, 0.717) is 42.3 Å². The molecular weight excluding hydrogens is 392 g/mol. The van der Waals surface area contributed by atoms with Gasteiger partial charge in [0.2, 0.25) is 0 Å². The molecule has 0 atom stereocenters. The van der Waals surface area contributed by atoms with Gasteiger partial charge in [0, 0.05) is 23.5 Å². The van der Waals surface area contributed by atoms with Crippen LogP contribution in [0.2, 0.25) is 0 Å². The Kier molecular flexibility index (Phi) is 5.84. The fourth-order valence-corrected chi connectivity index (χ4v) is 5.12. The van der Waals surface area contributed by atoms with Crippen molar-refractivity contribution in [2.24, 2.45) is 5.73 Å². The second kappa shape index (κ2) is 7.89. The number of primary amides is 1. The van der Waals surface area contributed by atoms with Crippen LogP contribution in [0.15, 0.2) is 6.20 Å². The van der Waals surface area contributed by atoms with Crippen molar-refractivity contribution < 1.29 is 19.1 Å². The van der Waals surface area contributed by atoms with Gasteiger partial charge in [-0.1, -0.05) is 0 Å². The highest BCUT2D eigenvalue weighted by Gasteiger charge is 2.43. The van der Waals surface area contributed by atoms with Gasteiger partial charge >= 0.3 is 0 Å². The zero-order valence-corrected chi connectivity index (χ0v) is 18.3. The Bertz CT molecular complexity index is 929. The number of carbonyl (C=O) groups is 2. The molecule has 0 saturated heterocycles. The van der Waals surface area contributed by atoms with Gasteiger partial charge in [0.05, 0.1) is 29.6 Å². The summed E-state index contributed by atoms with van der Waals surface area (Å²) in [5.74, 6) is -0.930. The van der Waals surface area contributed by atoms with E-state index in [-0.39, 0.29) is 5.91 Å². The van der Waals surface area contributed by atoms with Crippen LogP contribution < -0.4 is 11.1 Å². The number of amides is 2. The number of anilines is 1. The molecule has 0 fully saturated rings. The number of hydrogen-bond donors (Lipinski definition) is 3. The molecule has 0 saturated carbocycles. The monoisotopic (exact) mass is 420 g/mol. The first-order valence-corrected chi connectivity index (χ1v) is 10.4. The zero-order chi connectivity index (χ0) is 21.4. The summed E-state index contributed by atoms with van der Waals surface area (Å²) in [5.41, 5.74) is 6.98. The highest BCUT2D eigenvalue weighted by molar-refractivity contribution is 7.17. The number of H-pyrrole nitrogens is 1. The third-order valence-electron chi connectivity index (χ3n) is 4.83. The summed E-state index contributed by atoms with van der Waals surface area (Å²) in [6.07, 6.45) is 2.72. The second-order valence-electron chi connectivity index (χ2n) is 8.20. The Morgan fingerprint density at radius 3 is 2.76 bits per heavy atom. The smallest absolute Gasteiger partial charge is 0.274 e. The lowest BCUT2D eigenvalue weighted by Gasteiger charge is -2.41.